The molecule has 2 heterocycles. The SMILES string of the molecule is C[C@@H]1CN(c2ncc(CNC(C)(C)C)s2)C[C@H](C)O1. The highest BCUT2D eigenvalue weighted by atomic mass is 32.1. The average Bonchev–Trinajstić information content (AvgIpc) is 2.72. The van der Waals surface area contributed by atoms with E-state index in [2.05, 4.69) is 49.8 Å². The summed E-state index contributed by atoms with van der Waals surface area (Å²) in [5.41, 5.74) is 0.145. The van der Waals surface area contributed by atoms with Crippen LogP contribution in [0.25, 0.3) is 0 Å². The second kappa shape index (κ2) is 5.77. The molecular weight excluding hydrogens is 258 g/mol. The number of aromatic nitrogens is 1. The van der Waals surface area contributed by atoms with Crippen molar-refractivity contribution >= 4 is 16.5 Å². The molecule has 19 heavy (non-hydrogen) atoms. The quantitative estimate of drug-likeness (QED) is 0.925. The number of hydrogen-bond donors (Lipinski definition) is 1. The summed E-state index contributed by atoms with van der Waals surface area (Å²) < 4.78 is 5.76. The minimum Gasteiger partial charge on any atom is -0.372 e. The lowest BCUT2D eigenvalue weighted by Gasteiger charge is -2.35. The molecule has 1 aliphatic rings. The van der Waals surface area contributed by atoms with Crippen molar-refractivity contribution in [3.05, 3.63) is 11.1 Å². The van der Waals surface area contributed by atoms with Crippen LogP contribution in [0, 0.1) is 0 Å². The molecule has 5 heteroatoms. The number of morpholine rings is 1. The molecule has 1 aliphatic heterocycles. The Labute approximate surface area is 120 Å². The molecule has 108 valence electrons. The Morgan fingerprint density at radius 1 is 1.37 bits per heavy atom. The number of nitrogens with one attached hydrogen (secondary N) is 1. The standard InChI is InChI=1S/C14H25N3OS/c1-10-8-17(9-11(2)18-10)13-15-6-12(19-13)7-16-14(3,4)5/h6,10-11,16H,7-9H2,1-5H3/t10-,11+. The van der Waals surface area contributed by atoms with Gasteiger partial charge in [0.1, 0.15) is 0 Å². The van der Waals surface area contributed by atoms with Gasteiger partial charge < -0.3 is 15.0 Å². The molecule has 0 unspecified atom stereocenters. The summed E-state index contributed by atoms with van der Waals surface area (Å²) in [5, 5.41) is 4.62. The molecule has 1 aromatic heterocycles. The molecule has 2 atom stereocenters. The lowest BCUT2D eigenvalue weighted by atomic mass is 10.1. The van der Waals surface area contributed by atoms with E-state index in [9.17, 15) is 0 Å². The second-order valence-electron chi connectivity index (χ2n) is 6.38. The van der Waals surface area contributed by atoms with Crippen LogP contribution in [-0.4, -0.2) is 35.8 Å². The first kappa shape index (κ1) is 14.8. The Hall–Kier alpha value is -0.650. The summed E-state index contributed by atoms with van der Waals surface area (Å²) in [6, 6.07) is 0. The summed E-state index contributed by atoms with van der Waals surface area (Å²) in [4.78, 5) is 8.18. The van der Waals surface area contributed by atoms with Gasteiger partial charge in [-0.2, -0.15) is 0 Å². The maximum atomic E-state index is 5.76. The molecule has 0 aromatic carbocycles. The van der Waals surface area contributed by atoms with E-state index in [1.807, 2.05) is 6.20 Å². The highest BCUT2D eigenvalue weighted by molar-refractivity contribution is 7.15. The largest absolute Gasteiger partial charge is 0.372 e. The van der Waals surface area contributed by atoms with Crippen LogP contribution in [-0.2, 0) is 11.3 Å². The fourth-order valence-electron chi connectivity index (χ4n) is 2.21. The van der Waals surface area contributed by atoms with E-state index >= 15 is 0 Å². The molecule has 0 spiro atoms. The third-order valence-corrected chi connectivity index (χ3v) is 4.08. The summed E-state index contributed by atoms with van der Waals surface area (Å²) >= 11 is 1.78. The topological polar surface area (TPSA) is 37.4 Å². The van der Waals surface area contributed by atoms with Crippen LogP contribution >= 0.6 is 11.3 Å². The Bertz CT molecular complexity index is 403. The van der Waals surface area contributed by atoms with Crippen molar-refractivity contribution in [3.63, 3.8) is 0 Å². The average molecular weight is 283 g/mol. The van der Waals surface area contributed by atoms with Crippen LogP contribution in [0.3, 0.4) is 0 Å². The minimum atomic E-state index is 0.145. The van der Waals surface area contributed by atoms with Gasteiger partial charge in [-0.3, -0.25) is 0 Å². The van der Waals surface area contributed by atoms with Gasteiger partial charge in [0.25, 0.3) is 0 Å². The number of nitrogens with zero attached hydrogens (tertiary/aromatic N) is 2. The van der Waals surface area contributed by atoms with Crippen molar-refractivity contribution in [1.82, 2.24) is 10.3 Å². The molecule has 0 amide bonds. The van der Waals surface area contributed by atoms with E-state index in [1.54, 1.807) is 11.3 Å². The molecule has 1 aromatic rings. The first-order valence-corrected chi connectivity index (χ1v) is 7.75. The third kappa shape index (κ3) is 4.44. The number of anilines is 1. The predicted molar refractivity (Wildman–Crippen MR) is 80.9 cm³/mol. The van der Waals surface area contributed by atoms with E-state index in [0.717, 1.165) is 24.8 Å². The molecule has 0 radical (unpaired) electrons. The van der Waals surface area contributed by atoms with E-state index in [4.69, 9.17) is 4.74 Å². The zero-order valence-electron chi connectivity index (χ0n) is 12.6. The van der Waals surface area contributed by atoms with Gasteiger partial charge in [0.2, 0.25) is 0 Å². The molecule has 0 aliphatic carbocycles. The molecule has 0 bridgehead atoms. The van der Waals surface area contributed by atoms with Crippen LogP contribution in [0.15, 0.2) is 6.20 Å². The molecule has 0 saturated carbocycles. The molecular formula is C14H25N3OS. The first-order valence-electron chi connectivity index (χ1n) is 6.93. The van der Waals surface area contributed by atoms with Crippen molar-refractivity contribution in [2.24, 2.45) is 0 Å². The molecule has 1 saturated heterocycles. The zero-order valence-corrected chi connectivity index (χ0v) is 13.4. The first-order chi connectivity index (χ1) is 8.83. The number of thiazole rings is 1. The van der Waals surface area contributed by atoms with Crippen molar-refractivity contribution in [3.8, 4) is 0 Å². The van der Waals surface area contributed by atoms with Crippen molar-refractivity contribution in [1.29, 1.82) is 0 Å². The van der Waals surface area contributed by atoms with Gasteiger partial charge in [0, 0.05) is 36.2 Å². The molecule has 2 rings (SSSR count). The van der Waals surface area contributed by atoms with Crippen LogP contribution in [0.2, 0.25) is 0 Å². The minimum absolute atomic E-state index is 0.145. The summed E-state index contributed by atoms with van der Waals surface area (Å²) in [6.45, 7) is 13.5. The van der Waals surface area contributed by atoms with Gasteiger partial charge in [0.15, 0.2) is 5.13 Å². The van der Waals surface area contributed by atoms with Crippen molar-refractivity contribution in [2.75, 3.05) is 18.0 Å². The van der Waals surface area contributed by atoms with Gasteiger partial charge in [-0.1, -0.05) is 0 Å². The maximum absolute atomic E-state index is 5.76. The highest BCUT2D eigenvalue weighted by Gasteiger charge is 2.24. The Morgan fingerprint density at radius 3 is 2.58 bits per heavy atom. The summed E-state index contributed by atoms with van der Waals surface area (Å²) in [7, 11) is 0. The van der Waals surface area contributed by atoms with E-state index in [0.29, 0.717) is 0 Å². The smallest absolute Gasteiger partial charge is 0.185 e. The van der Waals surface area contributed by atoms with E-state index in [1.165, 1.54) is 4.88 Å². The van der Waals surface area contributed by atoms with E-state index in [-0.39, 0.29) is 17.7 Å². The Morgan fingerprint density at radius 2 is 2.00 bits per heavy atom. The summed E-state index contributed by atoms with van der Waals surface area (Å²) in [5.74, 6) is 0. The molecule has 1 N–H and O–H groups in total. The van der Waals surface area contributed by atoms with Crippen molar-refractivity contribution < 1.29 is 4.74 Å². The van der Waals surface area contributed by atoms with Crippen LogP contribution in [0.4, 0.5) is 5.13 Å². The molecule has 1 fully saturated rings. The monoisotopic (exact) mass is 283 g/mol. The fourth-order valence-corrected chi connectivity index (χ4v) is 3.08. The number of ether oxygens (including phenoxy) is 1. The van der Waals surface area contributed by atoms with Crippen molar-refractivity contribution in [2.45, 2.75) is 58.9 Å². The highest BCUT2D eigenvalue weighted by Crippen LogP contribution is 2.26. The third-order valence-electron chi connectivity index (χ3n) is 3.02. The van der Waals surface area contributed by atoms with Gasteiger partial charge in [-0.15, -0.1) is 11.3 Å². The second-order valence-corrected chi connectivity index (χ2v) is 7.47. The van der Waals surface area contributed by atoms with E-state index < -0.39 is 0 Å². The van der Waals surface area contributed by atoms with Gasteiger partial charge in [-0.25, -0.2) is 4.98 Å². The van der Waals surface area contributed by atoms with Gasteiger partial charge in [0.05, 0.1) is 12.2 Å². The molecule has 4 nitrogen and oxygen atoms in total. The van der Waals surface area contributed by atoms with Crippen LogP contribution in [0.1, 0.15) is 39.5 Å². The van der Waals surface area contributed by atoms with Crippen LogP contribution < -0.4 is 10.2 Å². The lowest BCUT2D eigenvalue weighted by molar-refractivity contribution is -0.00522. The normalized spacial score (nSPS) is 24.8. The Kier molecular flexibility index (Phi) is 4.48. The van der Waals surface area contributed by atoms with Gasteiger partial charge >= 0.3 is 0 Å². The predicted octanol–water partition coefficient (Wildman–Crippen LogP) is 2.64. The lowest BCUT2D eigenvalue weighted by Crippen LogP contribution is -2.45. The van der Waals surface area contributed by atoms with Crippen LogP contribution in [0.5, 0.6) is 0 Å². The summed E-state index contributed by atoms with van der Waals surface area (Å²) in [6.07, 6.45) is 2.55. The number of hydrogen-bond acceptors (Lipinski definition) is 5. The number of rotatable bonds is 3. The fraction of sp³-hybridized carbons (Fsp3) is 0.786. The maximum Gasteiger partial charge on any atom is 0.185 e. The Balaban J connectivity index is 1.96. The zero-order chi connectivity index (χ0) is 14.0. The van der Waals surface area contributed by atoms with Gasteiger partial charge in [-0.05, 0) is 34.6 Å².